The summed E-state index contributed by atoms with van der Waals surface area (Å²) >= 11 is 0. The molecule has 0 aliphatic heterocycles. The van der Waals surface area contributed by atoms with Crippen LogP contribution in [0.25, 0.3) is 6.08 Å². The van der Waals surface area contributed by atoms with Crippen molar-refractivity contribution in [3.05, 3.63) is 42.0 Å². The summed E-state index contributed by atoms with van der Waals surface area (Å²) in [6.07, 6.45) is 4.40. The van der Waals surface area contributed by atoms with E-state index in [9.17, 15) is 4.79 Å². The van der Waals surface area contributed by atoms with Gasteiger partial charge in [-0.05, 0) is 19.4 Å². The first-order valence-electron chi connectivity index (χ1n) is 5.77. The quantitative estimate of drug-likeness (QED) is 0.742. The summed E-state index contributed by atoms with van der Waals surface area (Å²) in [5.74, 6) is 0.192. The van der Waals surface area contributed by atoms with Crippen LogP contribution in [-0.2, 0) is 4.79 Å². The zero-order chi connectivity index (χ0) is 11.8. The van der Waals surface area contributed by atoms with E-state index < -0.39 is 0 Å². The maximum Gasteiger partial charge on any atom is 0.226 e. The molecule has 16 heavy (non-hydrogen) atoms. The summed E-state index contributed by atoms with van der Waals surface area (Å²) in [4.78, 5) is 13.5. The molecule has 1 aromatic carbocycles. The van der Waals surface area contributed by atoms with E-state index in [0.717, 1.165) is 18.7 Å². The molecule has 0 aromatic heterocycles. The van der Waals surface area contributed by atoms with Gasteiger partial charge in [0.05, 0.1) is 0 Å². The zero-order valence-corrected chi connectivity index (χ0v) is 10.0. The van der Waals surface area contributed by atoms with Gasteiger partial charge in [-0.3, -0.25) is 4.79 Å². The maximum absolute atomic E-state index is 11.7. The van der Waals surface area contributed by atoms with Crippen LogP contribution < -0.4 is 0 Å². The van der Waals surface area contributed by atoms with Crippen molar-refractivity contribution in [2.75, 3.05) is 13.1 Å². The Morgan fingerprint density at radius 2 is 1.81 bits per heavy atom. The Morgan fingerprint density at radius 3 is 2.38 bits per heavy atom. The van der Waals surface area contributed by atoms with Gasteiger partial charge in [0.1, 0.15) is 0 Å². The van der Waals surface area contributed by atoms with Crippen LogP contribution in [0.3, 0.4) is 0 Å². The fourth-order valence-electron chi connectivity index (χ4n) is 1.57. The molecule has 0 heterocycles. The first kappa shape index (κ1) is 12.5. The second-order valence-electron chi connectivity index (χ2n) is 3.58. The van der Waals surface area contributed by atoms with Crippen LogP contribution in [0, 0.1) is 0 Å². The van der Waals surface area contributed by atoms with Gasteiger partial charge in [-0.25, -0.2) is 0 Å². The average molecular weight is 217 g/mol. The van der Waals surface area contributed by atoms with Crippen molar-refractivity contribution in [2.24, 2.45) is 0 Å². The Kier molecular flexibility index (Phi) is 5.34. The molecule has 2 heteroatoms. The van der Waals surface area contributed by atoms with Crippen LogP contribution in [0.4, 0.5) is 0 Å². The van der Waals surface area contributed by atoms with E-state index in [1.165, 1.54) is 0 Å². The standard InChI is InChI=1S/C14H19NO/c1-3-15(4-2)14(16)12-8-11-13-9-6-5-7-10-13/h5-11H,3-4,12H2,1-2H3. The van der Waals surface area contributed by atoms with Crippen molar-refractivity contribution in [1.82, 2.24) is 4.90 Å². The van der Waals surface area contributed by atoms with Crippen molar-refractivity contribution in [1.29, 1.82) is 0 Å². The van der Waals surface area contributed by atoms with Gasteiger partial charge in [0, 0.05) is 19.5 Å². The Hall–Kier alpha value is -1.57. The second kappa shape index (κ2) is 6.83. The molecule has 0 N–H and O–H groups in total. The summed E-state index contributed by atoms with van der Waals surface area (Å²) in [7, 11) is 0. The molecular weight excluding hydrogens is 198 g/mol. The van der Waals surface area contributed by atoms with Gasteiger partial charge < -0.3 is 4.90 Å². The maximum atomic E-state index is 11.7. The lowest BCUT2D eigenvalue weighted by Crippen LogP contribution is -2.29. The topological polar surface area (TPSA) is 20.3 Å². The van der Waals surface area contributed by atoms with Crippen LogP contribution in [0.2, 0.25) is 0 Å². The highest BCUT2D eigenvalue weighted by Crippen LogP contribution is 2.03. The second-order valence-corrected chi connectivity index (χ2v) is 3.58. The molecule has 0 saturated carbocycles. The minimum atomic E-state index is 0.192. The van der Waals surface area contributed by atoms with E-state index in [2.05, 4.69) is 0 Å². The molecule has 0 spiro atoms. The molecule has 1 aromatic rings. The predicted molar refractivity (Wildman–Crippen MR) is 68.0 cm³/mol. The van der Waals surface area contributed by atoms with Crippen molar-refractivity contribution in [3.63, 3.8) is 0 Å². The largest absolute Gasteiger partial charge is 0.343 e. The zero-order valence-electron chi connectivity index (χ0n) is 10.0. The minimum absolute atomic E-state index is 0.192. The Balaban J connectivity index is 2.45. The van der Waals surface area contributed by atoms with Gasteiger partial charge in [0.25, 0.3) is 0 Å². The number of hydrogen-bond acceptors (Lipinski definition) is 1. The average Bonchev–Trinajstić information content (AvgIpc) is 2.32. The molecule has 1 rings (SSSR count). The highest BCUT2D eigenvalue weighted by molar-refractivity contribution is 5.78. The molecule has 2 nitrogen and oxygen atoms in total. The van der Waals surface area contributed by atoms with Crippen LogP contribution >= 0.6 is 0 Å². The van der Waals surface area contributed by atoms with E-state index in [1.54, 1.807) is 0 Å². The van der Waals surface area contributed by atoms with Gasteiger partial charge in [-0.15, -0.1) is 0 Å². The fourth-order valence-corrected chi connectivity index (χ4v) is 1.57. The van der Waals surface area contributed by atoms with Crippen molar-refractivity contribution < 1.29 is 4.79 Å². The highest BCUT2D eigenvalue weighted by Gasteiger charge is 2.05. The summed E-state index contributed by atoms with van der Waals surface area (Å²) in [5.41, 5.74) is 1.13. The normalized spacial score (nSPS) is 10.6. The van der Waals surface area contributed by atoms with Gasteiger partial charge in [0.15, 0.2) is 0 Å². The van der Waals surface area contributed by atoms with Gasteiger partial charge in [0.2, 0.25) is 5.91 Å². The smallest absolute Gasteiger partial charge is 0.226 e. The number of rotatable bonds is 5. The molecule has 0 unspecified atom stereocenters. The molecule has 1 amide bonds. The molecule has 0 fully saturated rings. The Labute approximate surface area is 97.6 Å². The van der Waals surface area contributed by atoms with E-state index >= 15 is 0 Å². The third-order valence-corrected chi connectivity index (χ3v) is 2.52. The van der Waals surface area contributed by atoms with E-state index in [0.29, 0.717) is 6.42 Å². The molecule has 0 aliphatic carbocycles. The highest BCUT2D eigenvalue weighted by atomic mass is 16.2. The van der Waals surface area contributed by atoms with Crippen LogP contribution in [-0.4, -0.2) is 23.9 Å². The monoisotopic (exact) mass is 217 g/mol. The summed E-state index contributed by atoms with van der Waals surface area (Å²) in [6, 6.07) is 10.0. The Morgan fingerprint density at radius 1 is 1.19 bits per heavy atom. The van der Waals surface area contributed by atoms with E-state index in [1.807, 2.05) is 61.2 Å². The number of benzene rings is 1. The summed E-state index contributed by atoms with van der Waals surface area (Å²) in [6.45, 7) is 5.58. The first-order valence-corrected chi connectivity index (χ1v) is 5.77. The molecule has 0 aliphatic rings. The predicted octanol–water partition coefficient (Wildman–Crippen LogP) is 2.96. The van der Waals surface area contributed by atoms with Crippen molar-refractivity contribution in [2.45, 2.75) is 20.3 Å². The molecular formula is C14H19NO. The van der Waals surface area contributed by atoms with Crippen LogP contribution in [0.1, 0.15) is 25.8 Å². The SMILES string of the molecule is CCN(CC)C(=O)CC=Cc1ccccc1. The number of hydrogen-bond donors (Lipinski definition) is 0. The Bertz CT molecular complexity index is 339. The number of carbonyl (C=O) groups is 1. The van der Waals surface area contributed by atoms with E-state index in [-0.39, 0.29) is 5.91 Å². The molecule has 0 saturated heterocycles. The van der Waals surface area contributed by atoms with Gasteiger partial charge in [-0.1, -0.05) is 42.5 Å². The third-order valence-electron chi connectivity index (χ3n) is 2.52. The fraction of sp³-hybridized carbons (Fsp3) is 0.357. The molecule has 86 valence electrons. The lowest BCUT2D eigenvalue weighted by Gasteiger charge is -2.17. The summed E-state index contributed by atoms with van der Waals surface area (Å²) < 4.78 is 0. The minimum Gasteiger partial charge on any atom is -0.343 e. The van der Waals surface area contributed by atoms with Crippen LogP contribution in [0.5, 0.6) is 0 Å². The van der Waals surface area contributed by atoms with Gasteiger partial charge in [-0.2, -0.15) is 0 Å². The van der Waals surface area contributed by atoms with Crippen LogP contribution in [0.15, 0.2) is 36.4 Å². The molecule has 0 atom stereocenters. The number of carbonyl (C=O) groups excluding carboxylic acids is 1. The lowest BCUT2D eigenvalue weighted by molar-refractivity contribution is -0.129. The number of nitrogens with zero attached hydrogens (tertiary/aromatic N) is 1. The summed E-state index contributed by atoms with van der Waals surface area (Å²) in [5, 5.41) is 0. The number of amides is 1. The van der Waals surface area contributed by atoms with Crippen molar-refractivity contribution in [3.8, 4) is 0 Å². The first-order chi connectivity index (χ1) is 7.77. The van der Waals surface area contributed by atoms with E-state index in [4.69, 9.17) is 0 Å². The third kappa shape index (κ3) is 3.89. The van der Waals surface area contributed by atoms with Crippen molar-refractivity contribution >= 4 is 12.0 Å². The molecule has 0 radical (unpaired) electrons. The lowest BCUT2D eigenvalue weighted by atomic mass is 10.2. The van der Waals surface area contributed by atoms with Gasteiger partial charge >= 0.3 is 0 Å². The molecule has 0 bridgehead atoms.